The summed E-state index contributed by atoms with van der Waals surface area (Å²) in [5, 5.41) is 8.71. The van der Waals surface area contributed by atoms with Crippen molar-refractivity contribution < 1.29 is 18.7 Å². The van der Waals surface area contributed by atoms with Gasteiger partial charge in [0.2, 0.25) is 0 Å². The van der Waals surface area contributed by atoms with Crippen LogP contribution >= 0.6 is 11.8 Å². The Hall–Kier alpha value is -1.80. The third kappa shape index (κ3) is 3.85. The minimum Gasteiger partial charge on any atom is -0.465 e. The van der Waals surface area contributed by atoms with E-state index in [2.05, 4.69) is 10.2 Å². The highest BCUT2D eigenvalue weighted by molar-refractivity contribution is 7.98. The van der Waals surface area contributed by atoms with Gasteiger partial charge in [-0.25, -0.2) is 4.79 Å². The third-order valence-corrected chi connectivity index (χ3v) is 3.84. The maximum Gasteiger partial charge on any atom is 0.341 e. The number of hydrogen-bond acceptors (Lipinski definition) is 7. The zero-order valence-corrected chi connectivity index (χ0v) is 13.0. The molecule has 0 amide bonds. The van der Waals surface area contributed by atoms with Crippen LogP contribution in [0.3, 0.4) is 0 Å². The normalized spacial score (nSPS) is 10.8. The van der Waals surface area contributed by atoms with Crippen molar-refractivity contribution in [1.29, 1.82) is 0 Å². The molecule has 7 nitrogen and oxygen atoms in total. The second-order valence-electron chi connectivity index (χ2n) is 4.26. The second kappa shape index (κ2) is 7.28. The van der Waals surface area contributed by atoms with Crippen LogP contribution in [0.5, 0.6) is 0 Å². The van der Waals surface area contributed by atoms with Gasteiger partial charge in [0, 0.05) is 13.7 Å². The van der Waals surface area contributed by atoms with E-state index >= 15 is 0 Å². The number of thioether (sulfide) groups is 1. The quantitative estimate of drug-likeness (QED) is 0.570. The van der Waals surface area contributed by atoms with E-state index < -0.39 is 5.97 Å². The molecule has 0 aromatic carbocycles. The topological polar surface area (TPSA) is 79.4 Å². The number of carbonyl (C=O) groups is 1. The van der Waals surface area contributed by atoms with E-state index in [1.807, 2.05) is 4.57 Å². The van der Waals surface area contributed by atoms with Gasteiger partial charge in [0.25, 0.3) is 0 Å². The molecule has 0 bridgehead atoms. The molecule has 0 spiro atoms. The molecule has 114 valence electrons. The van der Waals surface area contributed by atoms with E-state index in [9.17, 15) is 4.79 Å². The number of nitrogens with zero attached hydrogens (tertiary/aromatic N) is 3. The second-order valence-corrected chi connectivity index (χ2v) is 5.21. The van der Waals surface area contributed by atoms with Gasteiger partial charge in [0.1, 0.15) is 23.4 Å². The van der Waals surface area contributed by atoms with Crippen molar-refractivity contribution in [3.05, 3.63) is 29.5 Å². The number of methoxy groups -OCH3 is 2. The molecule has 0 saturated heterocycles. The summed E-state index contributed by atoms with van der Waals surface area (Å²) in [4.78, 5) is 11.5. The summed E-state index contributed by atoms with van der Waals surface area (Å²) < 4.78 is 17.2. The minimum atomic E-state index is -0.393. The Balaban J connectivity index is 2.00. The molecule has 0 aliphatic rings. The molecular weight excluding hydrogens is 294 g/mol. The predicted molar refractivity (Wildman–Crippen MR) is 76.2 cm³/mol. The Labute approximate surface area is 126 Å². The van der Waals surface area contributed by atoms with Crippen molar-refractivity contribution in [3.63, 3.8) is 0 Å². The fourth-order valence-corrected chi connectivity index (χ4v) is 2.59. The average Bonchev–Trinajstić information content (AvgIpc) is 3.08. The molecule has 0 aliphatic carbocycles. The van der Waals surface area contributed by atoms with Gasteiger partial charge < -0.3 is 18.5 Å². The lowest BCUT2D eigenvalue weighted by Gasteiger charge is -2.04. The molecule has 0 atom stereocenters. The van der Waals surface area contributed by atoms with Gasteiger partial charge in [-0.2, -0.15) is 0 Å². The lowest BCUT2D eigenvalue weighted by molar-refractivity contribution is 0.0599. The molecule has 21 heavy (non-hydrogen) atoms. The highest BCUT2D eigenvalue weighted by atomic mass is 32.2. The first kappa shape index (κ1) is 15.6. The zero-order chi connectivity index (χ0) is 15.2. The monoisotopic (exact) mass is 311 g/mol. The molecule has 2 rings (SSSR count). The summed E-state index contributed by atoms with van der Waals surface area (Å²) in [5.41, 5.74) is 0.453. The number of aryl methyl sites for hydroxylation is 1. The molecule has 0 saturated carbocycles. The largest absolute Gasteiger partial charge is 0.465 e. The number of aromatic nitrogens is 3. The van der Waals surface area contributed by atoms with E-state index in [1.54, 1.807) is 26.4 Å². The fraction of sp³-hybridized carbons (Fsp3) is 0.462. The number of furan rings is 1. The van der Waals surface area contributed by atoms with E-state index in [1.165, 1.54) is 18.9 Å². The van der Waals surface area contributed by atoms with Crippen molar-refractivity contribution in [1.82, 2.24) is 14.8 Å². The molecular formula is C13H17N3O4S. The van der Waals surface area contributed by atoms with E-state index in [0.29, 0.717) is 36.0 Å². The molecule has 2 aromatic heterocycles. The first-order valence-corrected chi connectivity index (χ1v) is 7.31. The van der Waals surface area contributed by atoms with Crippen molar-refractivity contribution in [2.45, 2.75) is 24.4 Å². The third-order valence-electron chi connectivity index (χ3n) is 2.83. The number of carbonyl (C=O) groups excluding carboxylic acids is 1. The Bertz CT molecular complexity index is 608. The van der Waals surface area contributed by atoms with E-state index in [4.69, 9.17) is 13.9 Å². The minimum absolute atomic E-state index is 0.393. The van der Waals surface area contributed by atoms with Gasteiger partial charge in [0.05, 0.1) is 19.5 Å². The lowest BCUT2D eigenvalue weighted by atomic mass is 10.2. The van der Waals surface area contributed by atoms with Crippen LogP contribution in [0.2, 0.25) is 0 Å². The van der Waals surface area contributed by atoms with Crippen LogP contribution < -0.4 is 0 Å². The van der Waals surface area contributed by atoms with Crippen molar-refractivity contribution in [2.75, 3.05) is 20.8 Å². The molecule has 0 radical (unpaired) electrons. The molecule has 2 heterocycles. The summed E-state index contributed by atoms with van der Waals surface area (Å²) in [6, 6.07) is 1.70. The summed E-state index contributed by atoms with van der Waals surface area (Å²) in [6.07, 6.45) is 1.66. The fourth-order valence-electron chi connectivity index (χ4n) is 1.76. The highest BCUT2D eigenvalue weighted by Crippen LogP contribution is 2.24. The highest BCUT2D eigenvalue weighted by Gasteiger charge is 2.16. The first-order valence-electron chi connectivity index (χ1n) is 6.33. The van der Waals surface area contributed by atoms with Crippen LogP contribution in [0.4, 0.5) is 0 Å². The van der Waals surface area contributed by atoms with Crippen molar-refractivity contribution in [2.24, 2.45) is 0 Å². The Morgan fingerprint density at radius 2 is 2.29 bits per heavy atom. The van der Waals surface area contributed by atoms with Crippen molar-refractivity contribution >= 4 is 17.7 Å². The summed E-state index contributed by atoms with van der Waals surface area (Å²) >= 11 is 1.49. The number of ether oxygens (including phenoxy) is 2. The predicted octanol–water partition coefficient (Wildman–Crippen LogP) is 1.90. The van der Waals surface area contributed by atoms with Crippen LogP contribution in [-0.2, 0) is 21.8 Å². The maximum atomic E-state index is 11.5. The van der Waals surface area contributed by atoms with Crippen molar-refractivity contribution in [3.8, 4) is 0 Å². The summed E-state index contributed by atoms with van der Waals surface area (Å²) in [6.45, 7) is 3.02. The lowest BCUT2D eigenvalue weighted by Crippen LogP contribution is -2.04. The summed E-state index contributed by atoms with van der Waals surface area (Å²) in [5.74, 6) is 1.41. The number of rotatable bonds is 7. The van der Waals surface area contributed by atoms with Gasteiger partial charge >= 0.3 is 5.97 Å². The van der Waals surface area contributed by atoms with Crippen LogP contribution in [0, 0.1) is 6.92 Å². The molecule has 0 N–H and O–H groups in total. The van der Waals surface area contributed by atoms with Crippen LogP contribution in [0.15, 0.2) is 22.0 Å². The van der Waals surface area contributed by atoms with Gasteiger partial charge in [-0.1, -0.05) is 11.8 Å². The van der Waals surface area contributed by atoms with Gasteiger partial charge in [-0.15, -0.1) is 10.2 Å². The van der Waals surface area contributed by atoms with E-state index in [-0.39, 0.29) is 0 Å². The van der Waals surface area contributed by atoms with Crippen LogP contribution in [-0.4, -0.2) is 41.6 Å². The van der Waals surface area contributed by atoms with Crippen LogP contribution in [0.25, 0.3) is 0 Å². The number of esters is 1. The molecule has 0 unspecified atom stereocenters. The Morgan fingerprint density at radius 3 is 3.00 bits per heavy atom. The molecule has 2 aromatic rings. The molecule has 0 aliphatic heterocycles. The maximum absolute atomic E-state index is 11.5. The number of hydrogen-bond donors (Lipinski definition) is 0. The Morgan fingerprint density at radius 1 is 1.48 bits per heavy atom. The van der Waals surface area contributed by atoms with E-state index in [0.717, 1.165) is 5.16 Å². The Kier molecular flexibility index (Phi) is 5.40. The van der Waals surface area contributed by atoms with Gasteiger partial charge in [0.15, 0.2) is 5.16 Å². The molecule has 8 heteroatoms. The summed E-state index contributed by atoms with van der Waals surface area (Å²) in [7, 11) is 3.00. The van der Waals surface area contributed by atoms with Gasteiger partial charge in [-0.05, 0) is 13.0 Å². The zero-order valence-electron chi connectivity index (χ0n) is 12.2. The first-order chi connectivity index (χ1) is 10.2. The average molecular weight is 311 g/mol. The standard InChI is InChI=1S/C13H17N3O4S/c1-9-11(12(17)19-3)6-10(20-9)7-21-13-15-14-8-16(13)4-5-18-2/h6,8H,4-5,7H2,1-3H3. The van der Waals surface area contributed by atoms with Crippen LogP contribution in [0.1, 0.15) is 21.9 Å². The SMILES string of the molecule is COCCn1cnnc1SCc1cc(C(=O)OC)c(C)o1. The van der Waals surface area contributed by atoms with Gasteiger partial charge in [-0.3, -0.25) is 0 Å². The smallest absolute Gasteiger partial charge is 0.341 e. The molecule has 0 fully saturated rings.